The Hall–Kier alpha value is -2.30. The number of aromatic amines is 1. The first-order valence-electron chi connectivity index (χ1n) is 6.79. The lowest BCUT2D eigenvalue weighted by Crippen LogP contribution is -2.31. The molecule has 3 N–H and O–H groups in total. The summed E-state index contributed by atoms with van der Waals surface area (Å²) in [6.07, 6.45) is 2.49. The zero-order valence-electron chi connectivity index (χ0n) is 11.5. The second-order valence-corrected chi connectivity index (χ2v) is 4.59. The number of para-hydroxylation sites is 1. The van der Waals surface area contributed by atoms with Crippen molar-refractivity contribution in [3.05, 3.63) is 36.0 Å². The highest BCUT2D eigenvalue weighted by atomic mass is 16.2. The number of nitrogens with one attached hydrogen (secondary N) is 3. The smallest absolute Gasteiger partial charge is 0.224 e. The van der Waals surface area contributed by atoms with Crippen molar-refractivity contribution in [1.29, 1.82) is 0 Å². The van der Waals surface area contributed by atoms with Gasteiger partial charge < -0.3 is 15.6 Å². The zero-order chi connectivity index (χ0) is 14.4. The fourth-order valence-corrected chi connectivity index (χ4v) is 2.11. The fraction of sp³-hybridized carbons (Fsp3) is 0.333. The van der Waals surface area contributed by atoms with E-state index < -0.39 is 0 Å². The van der Waals surface area contributed by atoms with Gasteiger partial charge in [-0.15, -0.1) is 0 Å². The van der Waals surface area contributed by atoms with E-state index >= 15 is 0 Å². The van der Waals surface area contributed by atoms with Crippen LogP contribution in [0.1, 0.15) is 18.9 Å². The van der Waals surface area contributed by atoms with E-state index in [1.807, 2.05) is 37.4 Å². The average Bonchev–Trinajstić information content (AvgIpc) is 2.83. The van der Waals surface area contributed by atoms with Crippen molar-refractivity contribution in [2.45, 2.75) is 19.8 Å². The van der Waals surface area contributed by atoms with Gasteiger partial charge in [0, 0.05) is 36.6 Å². The maximum absolute atomic E-state index is 11.8. The summed E-state index contributed by atoms with van der Waals surface area (Å²) in [7, 11) is 0. The minimum atomic E-state index is -0.0703. The molecule has 5 nitrogen and oxygen atoms in total. The average molecular weight is 273 g/mol. The molecule has 0 spiro atoms. The quantitative estimate of drug-likeness (QED) is 0.743. The highest BCUT2D eigenvalue weighted by molar-refractivity contribution is 5.89. The van der Waals surface area contributed by atoms with Crippen LogP contribution >= 0.6 is 0 Å². The van der Waals surface area contributed by atoms with Gasteiger partial charge in [-0.3, -0.25) is 9.59 Å². The van der Waals surface area contributed by atoms with E-state index in [-0.39, 0.29) is 11.8 Å². The Morgan fingerprint density at radius 3 is 2.75 bits per heavy atom. The number of hydrogen-bond acceptors (Lipinski definition) is 2. The van der Waals surface area contributed by atoms with Crippen LogP contribution in [0.3, 0.4) is 0 Å². The number of carbonyl (C=O) groups is 2. The van der Waals surface area contributed by atoms with Crippen molar-refractivity contribution in [2.75, 3.05) is 13.1 Å². The number of H-pyrrole nitrogens is 1. The van der Waals surface area contributed by atoms with E-state index in [0.29, 0.717) is 25.9 Å². The Kier molecular flexibility index (Phi) is 4.76. The summed E-state index contributed by atoms with van der Waals surface area (Å²) >= 11 is 0. The number of aromatic nitrogens is 1. The third-order valence-corrected chi connectivity index (χ3v) is 3.07. The topological polar surface area (TPSA) is 74.0 Å². The second-order valence-electron chi connectivity index (χ2n) is 4.59. The van der Waals surface area contributed by atoms with Crippen LogP contribution in [0.15, 0.2) is 30.5 Å². The Balaban J connectivity index is 1.84. The van der Waals surface area contributed by atoms with Crippen LogP contribution in [-0.4, -0.2) is 29.9 Å². The van der Waals surface area contributed by atoms with Gasteiger partial charge in [-0.25, -0.2) is 0 Å². The fourth-order valence-electron chi connectivity index (χ4n) is 2.11. The number of hydrogen-bond donors (Lipinski definition) is 3. The van der Waals surface area contributed by atoms with Crippen LogP contribution < -0.4 is 10.6 Å². The lowest BCUT2D eigenvalue weighted by molar-refractivity contribution is -0.121. The maximum Gasteiger partial charge on any atom is 0.224 e. The monoisotopic (exact) mass is 273 g/mol. The van der Waals surface area contributed by atoms with Crippen LogP contribution in [0.4, 0.5) is 0 Å². The van der Waals surface area contributed by atoms with Gasteiger partial charge in [0.2, 0.25) is 11.8 Å². The number of fused-ring (bicyclic) bond motifs is 1. The van der Waals surface area contributed by atoms with Gasteiger partial charge in [-0.05, 0) is 18.6 Å². The molecule has 20 heavy (non-hydrogen) atoms. The summed E-state index contributed by atoms with van der Waals surface area (Å²) in [6.45, 7) is 2.85. The molecular weight excluding hydrogens is 254 g/mol. The molecule has 2 amide bonds. The van der Waals surface area contributed by atoms with E-state index in [1.54, 1.807) is 0 Å². The van der Waals surface area contributed by atoms with E-state index in [1.165, 1.54) is 0 Å². The summed E-state index contributed by atoms with van der Waals surface area (Å²) in [6, 6.07) is 7.87. The molecule has 0 saturated heterocycles. The van der Waals surface area contributed by atoms with Crippen molar-refractivity contribution in [3.63, 3.8) is 0 Å². The van der Waals surface area contributed by atoms with Crippen molar-refractivity contribution in [2.24, 2.45) is 0 Å². The van der Waals surface area contributed by atoms with Crippen LogP contribution in [0, 0.1) is 0 Å². The molecule has 0 atom stereocenters. The maximum atomic E-state index is 11.8. The summed E-state index contributed by atoms with van der Waals surface area (Å²) < 4.78 is 0. The third kappa shape index (κ3) is 3.60. The normalized spacial score (nSPS) is 10.4. The molecule has 106 valence electrons. The molecule has 0 radical (unpaired) electrons. The molecule has 1 heterocycles. The Bertz CT molecular complexity index is 604. The van der Waals surface area contributed by atoms with E-state index in [9.17, 15) is 9.59 Å². The molecule has 1 aromatic heterocycles. The largest absolute Gasteiger partial charge is 0.361 e. The predicted molar refractivity (Wildman–Crippen MR) is 78.3 cm³/mol. The van der Waals surface area contributed by atoms with Gasteiger partial charge in [0.05, 0.1) is 6.42 Å². The molecule has 2 rings (SSSR count). The van der Waals surface area contributed by atoms with Gasteiger partial charge in [0.1, 0.15) is 0 Å². The van der Waals surface area contributed by atoms with Gasteiger partial charge in [-0.2, -0.15) is 0 Å². The zero-order valence-corrected chi connectivity index (χ0v) is 11.5. The number of carbonyl (C=O) groups excluding carboxylic acids is 2. The summed E-state index contributed by atoms with van der Waals surface area (Å²) in [4.78, 5) is 26.2. The molecule has 2 aromatic rings. The molecule has 5 heteroatoms. The van der Waals surface area contributed by atoms with Gasteiger partial charge in [-0.1, -0.05) is 18.2 Å². The molecule has 0 aliphatic carbocycles. The molecule has 0 aliphatic rings. The van der Waals surface area contributed by atoms with Crippen molar-refractivity contribution < 1.29 is 9.59 Å². The first kappa shape index (κ1) is 14.1. The van der Waals surface area contributed by atoms with Crippen molar-refractivity contribution in [3.8, 4) is 0 Å². The predicted octanol–water partition coefficient (Wildman–Crippen LogP) is 1.35. The van der Waals surface area contributed by atoms with Crippen LogP contribution in [0.2, 0.25) is 0 Å². The Morgan fingerprint density at radius 1 is 1.15 bits per heavy atom. The number of rotatable bonds is 6. The van der Waals surface area contributed by atoms with Gasteiger partial charge in [0.15, 0.2) is 0 Å². The summed E-state index contributed by atoms with van der Waals surface area (Å²) in [5.74, 6) is -0.112. The molecule has 0 bridgehead atoms. The van der Waals surface area contributed by atoms with Crippen LogP contribution in [0.25, 0.3) is 10.9 Å². The van der Waals surface area contributed by atoms with Crippen LogP contribution in [-0.2, 0) is 16.0 Å². The van der Waals surface area contributed by atoms with E-state index in [2.05, 4.69) is 15.6 Å². The lowest BCUT2D eigenvalue weighted by Gasteiger charge is -2.05. The second kappa shape index (κ2) is 6.75. The highest BCUT2D eigenvalue weighted by Gasteiger charge is 2.08. The van der Waals surface area contributed by atoms with E-state index in [4.69, 9.17) is 0 Å². The van der Waals surface area contributed by atoms with Crippen LogP contribution in [0.5, 0.6) is 0 Å². The summed E-state index contributed by atoms with van der Waals surface area (Å²) in [5, 5.41) is 6.52. The number of benzene rings is 1. The van der Waals surface area contributed by atoms with Crippen molar-refractivity contribution in [1.82, 2.24) is 15.6 Å². The molecule has 1 aromatic carbocycles. The first-order chi connectivity index (χ1) is 9.70. The minimum absolute atomic E-state index is 0.0418. The highest BCUT2D eigenvalue weighted by Crippen LogP contribution is 2.17. The SMILES string of the molecule is CCNC(=O)CCNC(=O)Cc1c[nH]c2ccccc12. The molecule has 0 fully saturated rings. The standard InChI is InChI=1S/C15H19N3O2/c1-2-16-14(19)7-8-17-15(20)9-11-10-18-13-6-4-3-5-12(11)13/h3-6,10,18H,2,7-9H2,1H3,(H,16,19)(H,17,20). The van der Waals surface area contributed by atoms with Crippen molar-refractivity contribution >= 4 is 22.7 Å². The van der Waals surface area contributed by atoms with E-state index in [0.717, 1.165) is 16.5 Å². The summed E-state index contributed by atoms with van der Waals surface area (Å²) in [5.41, 5.74) is 1.99. The molecule has 0 unspecified atom stereocenters. The molecule has 0 aliphatic heterocycles. The molecule has 0 saturated carbocycles. The Morgan fingerprint density at radius 2 is 1.95 bits per heavy atom. The number of amides is 2. The van der Waals surface area contributed by atoms with Gasteiger partial charge >= 0.3 is 0 Å². The Labute approximate surface area is 117 Å². The molecular formula is C15H19N3O2. The third-order valence-electron chi connectivity index (χ3n) is 3.07. The van der Waals surface area contributed by atoms with Gasteiger partial charge in [0.25, 0.3) is 0 Å². The first-order valence-corrected chi connectivity index (χ1v) is 6.79. The minimum Gasteiger partial charge on any atom is -0.361 e. The lowest BCUT2D eigenvalue weighted by atomic mass is 10.1.